The molecule has 1 heterocycles. The molecule has 5 N–H and O–H groups in total. The number of rotatable bonds is 4. The largest absolute Gasteiger partial charge is 0.467 e. The number of hydrogen-bond acceptors (Lipinski definition) is 9. The number of aliphatic hydroxyl groups is 4. The molecule has 1 fully saturated rings. The maximum Gasteiger partial charge on any atom is 0.408 e. The summed E-state index contributed by atoms with van der Waals surface area (Å²) in [5.41, 5.74) is -0.833. The lowest BCUT2D eigenvalue weighted by atomic mass is 9.91. The van der Waals surface area contributed by atoms with Crippen molar-refractivity contribution in [2.24, 2.45) is 0 Å². The number of alkyl carbamates (subject to hydrolysis) is 1. The summed E-state index contributed by atoms with van der Waals surface area (Å²) in [6.07, 6.45) is -8.62. The molecule has 10 heteroatoms. The van der Waals surface area contributed by atoms with Gasteiger partial charge in [0.2, 0.25) is 0 Å². The molecular formula is C14H25NO9. The summed E-state index contributed by atoms with van der Waals surface area (Å²) >= 11 is 0. The number of esters is 1. The maximum atomic E-state index is 12.0. The van der Waals surface area contributed by atoms with Gasteiger partial charge in [0, 0.05) is 0 Å². The number of hydrogen-bond donors (Lipinski definition) is 5. The molecule has 140 valence electrons. The third kappa shape index (κ3) is 5.02. The number of ether oxygens (including phenoxy) is 3. The maximum absolute atomic E-state index is 12.0. The molecule has 0 unspecified atom stereocenters. The fourth-order valence-electron chi connectivity index (χ4n) is 2.24. The van der Waals surface area contributed by atoms with Crippen LogP contribution < -0.4 is 5.32 Å². The molecule has 0 bridgehead atoms. The molecule has 1 amide bonds. The number of nitrogens with one attached hydrogen (secondary N) is 1. The first-order valence-electron chi connectivity index (χ1n) is 7.39. The van der Waals surface area contributed by atoms with Gasteiger partial charge in [-0.1, -0.05) is 0 Å². The molecule has 0 aromatic heterocycles. The highest BCUT2D eigenvalue weighted by Gasteiger charge is 2.49. The Labute approximate surface area is 139 Å². The standard InChI is InChI=1S/C14H25NO9/c1-14(2,3)24-13(21)15-7(12(20)22-4)11-10(19)9(18)8(17)6(5-16)23-11/h6-11,16-19H,5H2,1-4H3,(H,15,21)/t6-,7-,8-,9+,10-,11+/m1/s1. The van der Waals surface area contributed by atoms with Gasteiger partial charge in [0.05, 0.1) is 13.7 Å². The van der Waals surface area contributed by atoms with E-state index in [1.165, 1.54) is 0 Å². The van der Waals surface area contributed by atoms with Crippen LogP contribution in [0.2, 0.25) is 0 Å². The molecular weight excluding hydrogens is 326 g/mol. The van der Waals surface area contributed by atoms with Gasteiger partial charge in [-0.3, -0.25) is 0 Å². The van der Waals surface area contributed by atoms with Crippen molar-refractivity contribution in [1.29, 1.82) is 0 Å². The van der Waals surface area contributed by atoms with E-state index >= 15 is 0 Å². The Kier molecular flexibility index (Phi) is 6.93. The Hall–Kier alpha value is -1.46. The quantitative estimate of drug-likeness (QED) is 0.358. The van der Waals surface area contributed by atoms with E-state index in [-0.39, 0.29) is 0 Å². The van der Waals surface area contributed by atoms with Gasteiger partial charge in [0.25, 0.3) is 0 Å². The molecule has 6 atom stereocenters. The number of carbonyl (C=O) groups is 2. The Morgan fingerprint density at radius 3 is 2.21 bits per heavy atom. The Morgan fingerprint density at radius 1 is 1.17 bits per heavy atom. The van der Waals surface area contributed by atoms with Gasteiger partial charge in [0.15, 0.2) is 6.04 Å². The molecule has 1 rings (SSSR count). The lowest BCUT2D eigenvalue weighted by Crippen LogP contribution is -2.65. The van der Waals surface area contributed by atoms with Gasteiger partial charge in [-0.05, 0) is 20.8 Å². The van der Waals surface area contributed by atoms with Gasteiger partial charge < -0.3 is 40.0 Å². The lowest BCUT2D eigenvalue weighted by Gasteiger charge is -2.42. The number of methoxy groups -OCH3 is 1. The zero-order chi connectivity index (χ0) is 18.7. The Bertz CT molecular complexity index is 448. The van der Waals surface area contributed by atoms with Gasteiger partial charge in [-0.15, -0.1) is 0 Å². The van der Waals surface area contributed by atoms with Crippen LogP contribution in [-0.4, -0.2) is 88.4 Å². The van der Waals surface area contributed by atoms with Crippen molar-refractivity contribution in [2.45, 2.75) is 62.9 Å². The van der Waals surface area contributed by atoms with Crippen molar-refractivity contribution < 1.29 is 44.2 Å². The third-order valence-corrected chi connectivity index (χ3v) is 3.39. The monoisotopic (exact) mass is 351 g/mol. The summed E-state index contributed by atoms with van der Waals surface area (Å²) in [6.45, 7) is 4.19. The van der Waals surface area contributed by atoms with Crippen LogP contribution in [-0.2, 0) is 19.0 Å². The molecule has 0 aliphatic carbocycles. The van der Waals surface area contributed by atoms with Crippen LogP contribution in [0.3, 0.4) is 0 Å². The fourth-order valence-corrected chi connectivity index (χ4v) is 2.24. The van der Waals surface area contributed by atoms with Crippen LogP contribution in [0.25, 0.3) is 0 Å². The molecule has 0 radical (unpaired) electrons. The third-order valence-electron chi connectivity index (χ3n) is 3.39. The Morgan fingerprint density at radius 2 is 1.75 bits per heavy atom. The molecule has 1 saturated heterocycles. The zero-order valence-electron chi connectivity index (χ0n) is 14.0. The smallest absolute Gasteiger partial charge is 0.408 e. The van der Waals surface area contributed by atoms with Crippen LogP contribution in [0.1, 0.15) is 20.8 Å². The zero-order valence-corrected chi connectivity index (χ0v) is 14.0. The van der Waals surface area contributed by atoms with Crippen LogP contribution in [0, 0.1) is 0 Å². The van der Waals surface area contributed by atoms with Gasteiger partial charge >= 0.3 is 12.1 Å². The van der Waals surface area contributed by atoms with E-state index in [4.69, 9.17) is 9.47 Å². The van der Waals surface area contributed by atoms with Gasteiger partial charge in [0.1, 0.15) is 36.1 Å². The van der Waals surface area contributed by atoms with E-state index in [2.05, 4.69) is 10.1 Å². The predicted molar refractivity (Wildman–Crippen MR) is 78.9 cm³/mol. The minimum absolute atomic E-state index is 0.665. The average molecular weight is 351 g/mol. The molecule has 10 nitrogen and oxygen atoms in total. The number of amides is 1. The predicted octanol–water partition coefficient (Wildman–Crippen LogP) is -2.10. The van der Waals surface area contributed by atoms with E-state index in [9.17, 15) is 30.0 Å². The topological polar surface area (TPSA) is 155 Å². The van der Waals surface area contributed by atoms with E-state index in [1.807, 2.05) is 0 Å². The van der Waals surface area contributed by atoms with E-state index < -0.39 is 60.8 Å². The summed E-state index contributed by atoms with van der Waals surface area (Å²) in [6, 6.07) is -1.52. The second-order valence-electron chi connectivity index (χ2n) is 6.44. The molecule has 0 aromatic carbocycles. The van der Waals surface area contributed by atoms with Crippen molar-refractivity contribution in [3.63, 3.8) is 0 Å². The normalized spacial score (nSPS) is 31.9. The molecule has 24 heavy (non-hydrogen) atoms. The second-order valence-corrected chi connectivity index (χ2v) is 6.44. The number of carbonyl (C=O) groups excluding carboxylic acids is 2. The highest BCUT2D eigenvalue weighted by molar-refractivity contribution is 5.82. The first kappa shape index (κ1) is 20.6. The summed E-state index contributed by atoms with van der Waals surface area (Å²) in [5, 5.41) is 41.0. The summed E-state index contributed by atoms with van der Waals surface area (Å²) in [5.74, 6) is -0.954. The van der Waals surface area contributed by atoms with Gasteiger partial charge in [-0.25, -0.2) is 9.59 Å². The van der Waals surface area contributed by atoms with Crippen molar-refractivity contribution in [2.75, 3.05) is 13.7 Å². The summed E-state index contributed by atoms with van der Waals surface area (Å²) in [4.78, 5) is 23.8. The first-order chi connectivity index (χ1) is 11.0. The van der Waals surface area contributed by atoms with Crippen molar-refractivity contribution in [3.8, 4) is 0 Å². The first-order valence-corrected chi connectivity index (χ1v) is 7.39. The van der Waals surface area contributed by atoms with Crippen LogP contribution in [0.15, 0.2) is 0 Å². The molecule has 0 spiro atoms. The molecule has 0 aromatic rings. The number of aliphatic hydroxyl groups excluding tert-OH is 4. The van der Waals surface area contributed by atoms with Crippen molar-refractivity contribution >= 4 is 12.1 Å². The molecule has 0 saturated carbocycles. The van der Waals surface area contributed by atoms with Crippen molar-refractivity contribution in [3.05, 3.63) is 0 Å². The average Bonchev–Trinajstić information content (AvgIpc) is 2.48. The van der Waals surface area contributed by atoms with Gasteiger partial charge in [-0.2, -0.15) is 0 Å². The summed E-state index contributed by atoms with van der Waals surface area (Å²) < 4.78 is 14.9. The SMILES string of the molecule is COC(=O)[C@H](NC(=O)OC(C)(C)C)[C@@H]1O[C@H](CO)[C@@H](O)[C@H](O)[C@H]1O. The van der Waals surface area contributed by atoms with Crippen LogP contribution >= 0.6 is 0 Å². The van der Waals surface area contributed by atoms with E-state index in [0.717, 1.165) is 7.11 Å². The highest BCUT2D eigenvalue weighted by Crippen LogP contribution is 2.24. The second kappa shape index (κ2) is 8.08. The lowest BCUT2D eigenvalue weighted by molar-refractivity contribution is -0.236. The fraction of sp³-hybridized carbons (Fsp3) is 0.857. The minimum atomic E-state index is -1.71. The molecule has 1 aliphatic heterocycles. The van der Waals surface area contributed by atoms with Crippen LogP contribution in [0.4, 0.5) is 4.79 Å². The van der Waals surface area contributed by atoms with Crippen molar-refractivity contribution in [1.82, 2.24) is 5.32 Å². The Balaban J connectivity index is 2.98. The van der Waals surface area contributed by atoms with E-state index in [1.54, 1.807) is 20.8 Å². The minimum Gasteiger partial charge on any atom is -0.467 e. The molecule has 1 aliphatic rings. The summed E-state index contributed by atoms with van der Waals surface area (Å²) in [7, 11) is 1.07. The van der Waals surface area contributed by atoms with Crippen LogP contribution in [0.5, 0.6) is 0 Å². The highest BCUT2D eigenvalue weighted by atomic mass is 16.6. The van der Waals surface area contributed by atoms with E-state index in [0.29, 0.717) is 0 Å².